The minimum absolute atomic E-state index is 0.0414. The Bertz CT molecular complexity index is 575. The number of hydrogen-bond acceptors (Lipinski definition) is 2. The Morgan fingerprint density at radius 2 is 2.18 bits per heavy atom. The van der Waals surface area contributed by atoms with Gasteiger partial charge in [-0.05, 0) is 25.8 Å². The number of piperidine rings is 1. The first-order valence-corrected chi connectivity index (χ1v) is 7.76. The van der Waals surface area contributed by atoms with Gasteiger partial charge in [-0.2, -0.15) is 0 Å². The molecule has 0 atom stereocenters. The van der Waals surface area contributed by atoms with Gasteiger partial charge in [-0.25, -0.2) is 9.24 Å². The van der Waals surface area contributed by atoms with Crippen LogP contribution in [0.4, 0.5) is 10.1 Å². The largest absolute Gasteiger partial charge is 0.466 e. The summed E-state index contributed by atoms with van der Waals surface area (Å²) in [6, 6.07) is 4.60. The summed E-state index contributed by atoms with van der Waals surface area (Å²) in [4.78, 5) is 15.6. The van der Waals surface area contributed by atoms with Crippen LogP contribution in [0.25, 0.3) is 4.85 Å². The fourth-order valence-electron chi connectivity index (χ4n) is 3.05. The van der Waals surface area contributed by atoms with E-state index >= 15 is 0 Å². The summed E-state index contributed by atoms with van der Waals surface area (Å²) in [5.74, 6) is -0.610. The first-order chi connectivity index (χ1) is 10.6. The molecule has 1 saturated heterocycles. The second kappa shape index (κ2) is 7.37. The first-order valence-electron chi connectivity index (χ1n) is 7.76. The highest BCUT2D eigenvalue weighted by molar-refractivity contribution is 5.77. The number of halogens is 1. The number of carbonyl (C=O) groups excluding carboxylic acids is 1. The molecule has 1 aliphatic rings. The molecule has 22 heavy (non-hydrogen) atoms. The Morgan fingerprint density at radius 3 is 2.82 bits per heavy atom. The Morgan fingerprint density at radius 1 is 1.45 bits per heavy atom. The van der Waals surface area contributed by atoms with Gasteiger partial charge in [-0.1, -0.05) is 17.7 Å². The smallest absolute Gasteiger partial charge is 0.312 e. The lowest BCUT2D eigenvalue weighted by Crippen LogP contribution is -2.87. The molecule has 2 rings (SSSR count). The van der Waals surface area contributed by atoms with Gasteiger partial charge < -0.3 is 10.1 Å². The molecule has 0 saturated carbocycles. The molecule has 1 aromatic carbocycles. The zero-order valence-electron chi connectivity index (χ0n) is 12.9. The number of ether oxygens (including phenoxy) is 1. The van der Waals surface area contributed by atoms with Crippen molar-refractivity contribution in [2.24, 2.45) is 5.41 Å². The van der Waals surface area contributed by atoms with Gasteiger partial charge in [0.2, 0.25) is 5.69 Å². The van der Waals surface area contributed by atoms with E-state index in [0.29, 0.717) is 19.4 Å². The highest BCUT2D eigenvalue weighted by Crippen LogP contribution is 2.35. The third-order valence-corrected chi connectivity index (χ3v) is 4.39. The number of quaternary nitrogens is 1. The number of carbonyl (C=O) groups is 1. The number of benzene rings is 1. The normalized spacial score (nSPS) is 16.8. The lowest BCUT2D eigenvalue weighted by atomic mass is 9.74. The standard InChI is InChI=1S/C17H21FN2O2/c1-3-22-16(21)17(8-10-20-11-9-17)7-6-13-4-5-14(18)15(12-13)19-2/h4-5,12,20H,3,6-11H2,1H3/p+1. The molecular formula is C17H22FN2O2+. The van der Waals surface area contributed by atoms with Gasteiger partial charge in [0.25, 0.3) is 0 Å². The minimum atomic E-state index is -0.494. The van der Waals surface area contributed by atoms with Crippen molar-refractivity contribution in [1.29, 1.82) is 0 Å². The molecule has 0 aliphatic carbocycles. The zero-order chi connectivity index (χ0) is 16.0. The van der Waals surface area contributed by atoms with Crippen molar-refractivity contribution in [3.05, 3.63) is 41.0 Å². The Balaban J connectivity index is 2.11. The van der Waals surface area contributed by atoms with E-state index in [1.807, 2.05) is 6.92 Å². The molecule has 1 aliphatic heterocycles. The average molecular weight is 305 g/mol. The minimum Gasteiger partial charge on any atom is -0.466 e. The van der Waals surface area contributed by atoms with E-state index < -0.39 is 11.2 Å². The summed E-state index contributed by atoms with van der Waals surface area (Å²) in [5, 5.41) is 2.21. The third kappa shape index (κ3) is 3.63. The zero-order valence-corrected chi connectivity index (χ0v) is 12.9. The molecule has 0 amide bonds. The van der Waals surface area contributed by atoms with Crippen LogP contribution in [0.15, 0.2) is 18.2 Å². The monoisotopic (exact) mass is 305 g/mol. The Labute approximate surface area is 130 Å². The summed E-state index contributed by atoms with van der Waals surface area (Å²) < 4.78 is 18.7. The van der Waals surface area contributed by atoms with E-state index in [-0.39, 0.29) is 11.7 Å². The molecule has 0 radical (unpaired) electrons. The van der Waals surface area contributed by atoms with Crippen LogP contribution >= 0.6 is 0 Å². The number of nitrogens with zero attached hydrogens (tertiary/aromatic N) is 1. The van der Waals surface area contributed by atoms with Crippen molar-refractivity contribution in [1.82, 2.24) is 0 Å². The maximum Gasteiger partial charge on any atom is 0.312 e. The van der Waals surface area contributed by atoms with Gasteiger partial charge in [0.05, 0.1) is 31.7 Å². The molecule has 0 spiro atoms. The van der Waals surface area contributed by atoms with Crippen molar-refractivity contribution in [3.63, 3.8) is 0 Å². The summed E-state index contributed by atoms with van der Waals surface area (Å²) in [6.45, 7) is 11.0. The van der Waals surface area contributed by atoms with Crippen LogP contribution in [0.3, 0.4) is 0 Å². The number of esters is 1. The number of nitrogens with two attached hydrogens (primary N) is 1. The topological polar surface area (TPSA) is 47.3 Å². The van der Waals surface area contributed by atoms with Crippen LogP contribution in [0, 0.1) is 17.8 Å². The second-order valence-corrected chi connectivity index (χ2v) is 5.76. The van der Waals surface area contributed by atoms with Crippen LogP contribution in [0.2, 0.25) is 0 Å². The van der Waals surface area contributed by atoms with E-state index in [1.165, 1.54) is 6.07 Å². The van der Waals surface area contributed by atoms with E-state index in [1.54, 1.807) is 12.1 Å². The molecule has 2 N–H and O–H groups in total. The van der Waals surface area contributed by atoms with Crippen molar-refractivity contribution in [2.45, 2.75) is 32.6 Å². The van der Waals surface area contributed by atoms with Crippen molar-refractivity contribution in [3.8, 4) is 0 Å². The summed E-state index contributed by atoms with van der Waals surface area (Å²) in [5.41, 5.74) is 0.502. The van der Waals surface area contributed by atoms with Crippen LogP contribution in [-0.4, -0.2) is 25.7 Å². The number of rotatable bonds is 5. The fourth-order valence-corrected chi connectivity index (χ4v) is 3.05. The predicted molar refractivity (Wildman–Crippen MR) is 80.9 cm³/mol. The molecule has 118 valence electrons. The van der Waals surface area contributed by atoms with Crippen molar-refractivity contribution in [2.75, 3.05) is 19.7 Å². The summed E-state index contributed by atoms with van der Waals surface area (Å²) >= 11 is 0. The maximum absolute atomic E-state index is 13.4. The summed E-state index contributed by atoms with van der Waals surface area (Å²) in [7, 11) is 0. The highest BCUT2D eigenvalue weighted by Gasteiger charge is 2.42. The maximum atomic E-state index is 13.4. The molecule has 5 heteroatoms. The van der Waals surface area contributed by atoms with Gasteiger partial charge in [-0.3, -0.25) is 4.79 Å². The third-order valence-electron chi connectivity index (χ3n) is 4.39. The molecule has 0 aromatic heterocycles. The summed E-state index contributed by atoms with van der Waals surface area (Å²) in [6.07, 6.45) is 2.95. The van der Waals surface area contributed by atoms with Crippen LogP contribution in [0.1, 0.15) is 31.7 Å². The van der Waals surface area contributed by atoms with Crippen molar-refractivity contribution < 1.29 is 19.2 Å². The Hall–Kier alpha value is -1.93. The van der Waals surface area contributed by atoms with Crippen LogP contribution in [-0.2, 0) is 16.0 Å². The molecular weight excluding hydrogens is 283 g/mol. The molecule has 1 aromatic rings. The SMILES string of the molecule is [C-]#[N+]c1cc(CCC2(C(=O)OCC)CC[NH2+]CC2)ccc1F. The number of aryl methyl sites for hydroxylation is 1. The highest BCUT2D eigenvalue weighted by atomic mass is 19.1. The van der Waals surface area contributed by atoms with Gasteiger partial charge in [0.15, 0.2) is 0 Å². The second-order valence-electron chi connectivity index (χ2n) is 5.76. The van der Waals surface area contributed by atoms with Gasteiger partial charge in [0.1, 0.15) is 5.82 Å². The molecule has 0 bridgehead atoms. The van der Waals surface area contributed by atoms with E-state index in [0.717, 1.165) is 31.5 Å². The lowest BCUT2D eigenvalue weighted by molar-refractivity contribution is -0.667. The van der Waals surface area contributed by atoms with Gasteiger partial charge in [0, 0.05) is 12.8 Å². The Kier molecular flexibility index (Phi) is 5.51. The van der Waals surface area contributed by atoms with Gasteiger partial charge >= 0.3 is 5.97 Å². The molecule has 0 unspecified atom stereocenters. The van der Waals surface area contributed by atoms with Gasteiger partial charge in [-0.15, -0.1) is 0 Å². The fraction of sp³-hybridized carbons (Fsp3) is 0.529. The van der Waals surface area contributed by atoms with E-state index in [4.69, 9.17) is 11.3 Å². The molecule has 1 fully saturated rings. The molecule has 1 heterocycles. The predicted octanol–water partition coefficient (Wildman–Crippen LogP) is 2.22. The van der Waals surface area contributed by atoms with Crippen molar-refractivity contribution >= 4 is 11.7 Å². The molecule has 4 nitrogen and oxygen atoms in total. The van der Waals surface area contributed by atoms with E-state index in [9.17, 15) is 9.18 Å². The first kappa shape index (κ1) is 16.4. The lowest BCUT2D eigenvalue weighted by Gasteiger charge is -2.33. The van der Waals surface area contributed by atoms with Crippen LogP contribution in [0.5, 0.6) is 0 Å². The van der Waals surface area contributed by atoms with E-state index in [2.05, 4.69) is 10.2 Å². The number of hydrogen-bond donors (Lipinski definition) is 1. The average Bonchev–Trinajstić information content (AvgIpc) is 2.55. The van der Waals surface area contributed by atoms with Crippen LogP contribution < -0.4 is 5.32 Å². The quantitative estimate of drug-likeness (QED) is 0.670.